The van der Waals surface area contributed by atoms with Crippen molar-refractivity contribution in [1.29, 1.82) is 0 Å². The Morgan fingerprint density at radius 3 is 2.19 bits per heavy atom. The van der Waals surface area contributed by atoms with Gasteiger partial charge in [-0.25, -0.2) is 4.98 Å². The van der Waals surface area contributed by atoms with Crippen LogP contribution in [-0.4, -0.2) is 41.2 Å². The molecule has 0 radical (unpaired) electrons. The molecule has 0 bridgehead atoms. The Labute approximate surface area is 215 Å². The van der Waals surface area contributed by atoms with E-state index in [4.69, 9.17) is 14.2 Å². The van der Waals surface area contributed by atoms with E-state index in [2.05, 4.69) is 4.98 Å². The second kappa shape index (κ2) is 12.8. The summed E-state index contributed by atoms with van der Waals surface area (Å²) in [6.07, 6.45) is -4.19. The van der Waals surface area contributed by atoms with Crippen LogP contribution in [0, 0.1) is 17.8 Å². The number of methoxy groups -OCH3 is 1. The van der Waals surface area contributed by atoms with Gasteiger partial charge in [0, 0.05) is 18.7 Å². The van der Waals surface area contributed by atoms with Crippen LogP contribution < -0.4 is 9.47 Å². The summed E-state index contributed by atoms with van der Waals surface area (Å²) in [5.74, 6) is -2.42. The first-order valence-electron chi connectivity index (χ1n) is 12.1. The van der Waals surface area contributed by atoms with E-state index in [0.717, 1.165) is 12.1 Å². The fourth-order valence-corrected chi connectivity index (χ4v) is 3.89. The van der Waals surface area contributed by atoms with Crippen LogP contribution in [0.1, 0.15) is 63.5 Å². The van der Waals surface area contributed by atoms with Crippen molar-refractivity contribution in [2.75, 3.05) is 7.11 Å². The SMILES string of the molecule is CC[C@H](C)[C@H](CC(=O)c1nccc(OC)c1O)C(=O)O[C@@H](C)[C@H](Oc1ccc(C(F)(F)F)cc1)C(C)C. The van der Waals surface area contributed by atoms with Gasteiger partial charge in [-0.1, -0.05) is 34.1 Å². The Balaban J connectivity index is 2.17. The molecule has 1 aromatic heterocycles. The number of rotatable bonds is 12. The molecule has 0 saturated carbocycles. The summed E-state index contributed by atoms with van der Waals surface area (Å²) in [6.45, 7) is 9.02. The van der Waals surface area contributed by atoms with Crippen LogP contribution >= 0.6 is 0 Å². The zero-order chi connectivity index (χ0) is 27.9. The van der Waals surface area contributed by atoms with Crippen LogP contribution in [0.25, 0.3) is 0 Å². The van der Waals surface area contributed by atoms with Crippen molar-refractivity contribution < 1.29 is 42.1 Å². The van der Waals surface area contributed by atoms with Crippen LogP contribution in [0.4, 0.5) is 13.2 Å². The zero-order valence-electron chi connectivity index (χ0n) is 21.8. The predicted molar refractivity (Wildman–Crippen MR) is 131 cm³/mol. The number of Topliss-reactive ketones (excluding diaryl/α,β-unsaturated/α-hetero) is 1. The van der Waals surface area contributed by atoms with Crippen LogP contribution in [0.15, 0.2) is 36.5 Å². The van der Waals surface area contributed by atoms with Crippen molar-refractivity contribution in [3.8, 4) is 17.2 Å². The quantitative estimate of drug-likeness (QED) is 0.265. The third kappa shape index (κ3) is 7.84. The molecule has 7 nitrogen and oxygen atoms in total. The van der Waals surface area contributed by atoms with E-state index in [-0.39, 0.29) is 35.4 Å². The van der Waals surface area contributed by atoms with Crippen molar-refractivity contribution in [2.45, 2.75) is 65.8 Å². The summed E-state index contributed by atoms with van der Waals surface area (Å²) < 4.78 is 55.2. The molecular formula is C27H34F3NO6. The highest BCUT2D eigenvalue weighted by Crippen LogP contribution is 2.33. The number of carbonyl (C=O) groups excluding carboxylic acids is 2. The Morgan fingerprint density at radius 1 is 1.05 bits per heavy atom. The number of ether oxygens (including phenoxy) is 3. The number of esters is 1. The standard InChI is InChI=1S/C27H34F3NO6/c1-7-16(4)20(14-21(32)23-24(33)22(35-6)12-13-31-23)26(34)36-17(5)25(15(2)3)37-19-10-8-18(9-11-19)27(28,29)30/h8-13,15-17,20,25,33H,7,14H2,1-6H3/t16-,17-,20-,25+/m0/s1. The molecule has 0 aliphatic rings. The number of carbonyl (C=O) groups is 2. The summed E-state index contributed by atoms with van der Waals surface area (Å²) >= 11 is 0. The highest BCUT2D eigenvalue weighted by atomic mass is 19.4. The summed E-state index contributed by atoms with van der Waals surface area (Å²) in [7, 11) is 1.35. The molecule has 4 atom stereocenters. The van der Waals surface area contributed by atoms with E-state index in [0.29, 0.717) is 6.42 Å². The van der Waals surface area contributed by atoms with Gasteiger partial charge in [-0.3, -0.25) is 9.59 Å². The lowest BCUT2D eigenvalue weighted by Gasteiger charge is -2.30. The summed E-state index contributed by atoms with van der Waals surface area (Å²) in [5.41, 5.74) is -0.989. The minimum atomic E-state index is -4.46. The van der Waals surface area contributed by atoms with Gasteiger partial charge in [0.25, 0.3) is 0 Å². The molecule has 0 saturated heterocycles. The molecule has 1 heterocycles. The number of ketones is 1. The average Bonchev–Trinajstić information content (AvgIpc) is 2.84. The molecule has 1 N–H and O–H groups in total. The molecule has 10 heteroatoms. The van der Waals surface area contributed by atoms with Gasteiger partial charge >= 0.3 is 12.1 Å². The third-order valence-corrected chi connectivity index (χ3v) is 6.29. The molecule has 0 fully saturated rings. The molecule has 0 aliphatic carbocycles. The van der Waals surface area contributed by atoms with Gasteiger partial charge in [-0.05, 0) is 43.0 Å². The van der Waals surface area contributed by atoms with Crippen LogP contribution in [0.5, 0.6) is 17.2 Å². The largest absolute Gasteiger partial charge is 0.503 e. The number of halogens is 3. The van der Waals surface area contributed by atoms with E-state index < -0.39 is 47.4 Å². The molecule has 0 aliphatic heterocycles. The maximum Gasteiger partial charge on any atom is 0.416 e. The van der Waals surface area contributed by atoms with Crippen molar-refractivity contribution >= 4 is 11.8 Å². The number of aromatic nitrogens is 1. The van der Waals surface area contributed by atoms with Gasteiger partial charge in [0.2, 0.25) is 0 Å². The Morgan fingerprint density at radius 2 is 1.68 bits per heavy atom. The van der Waals surface area contributed by atoms with Crippen molar-refractivity contribution in [1.82, 2.24) is 4.98 Å². The van der Waals surface area contributed by atoms with Gasteiger partial charge in [0.15, 0.2) is 23.0 Å². The molecule has 0 spiro atoms. The Bertz CT molecular complexity index is 1060. The highest BCUT2D eigenvalue weighted by Gasteiger charge is 2.34. The fraction of sp³-hybridized carbons (Fsp3) is 0.519. The first-order chi connectivity index (χ1) is 17.3. The number of benzene rings is 1. The predicted octanol–water partition coefficient (Wildman–Crippen LogP) is 6.09. The van der Waals surface area contributed by atoms with Crippen LogP contribution in [0.2, 0.25) is 0 Å². The lowest BCUT2D eigenvalue weighted by atomic mass is 9.86. The third-order valence-electron chi connectivity index (χ3n) is 6.29. The van der Waals surface area contributed by atoms with E-state index in [9.17, 15) is 27.9 Å². The van der Waals surface area contributed by atoms with Gasteiger partial charge in [-0.15, -0.1) is 0 Å². The molecule has 2 rings (SSSR count). The van der Waals surface area contributed by atoms with Crippen LogP contribution in [0.3, 0.4) is 0 Å². The van der Waals surface area contributed by atoms with Gasteiger partial charge in [0.1, 0.15) is 18.0 Å². The van der Waals surface area contributed by atoms with E-state index in [1.807, 2.05) is 27.7 Å². The number of pyridine rings is 1. The first-order valence-corrected chi connectivity index (χ1v) is 12.1. The van der Waals surface area contributed by atoms with Crippen molar-refractivity contribution in [3.05, 3.63) is 47.8 Å². The number of hydrogen-bond donors (Lipinski definition) is 1. The Hall–Kier alpha value is -3.30. The molecule has 0 unspecified atom stereocenters. The summed E-state index contributed by atoms with van der Waals surface area (Å²) in [6, 6.07) is 5.71. The minimum absolute atomic E-state index is 0.0924. The first kappa shape index (κ1) is 29.9. The number of nitrogens with zero attached hydrogens (tertiary/aromatic N) is 1. The topological polar surface area (TPSA) is 95.0 Å². The number of aromatic hydroxyl groups is 1. The summed E-state index contributed by atoms with van der Waals surface area (Å²) in [5, 5.41) is 10.3. The van der Waals surface area contributed by atoms with E-state index in [1.54, 1.807) is 6.92 Å². The minimum Gasteiger partial charge on any atom is -0.503 e. The molecule has 204 valence electrons. The number of alkyl halides is 3. The van der Waals surface area contributed by atoms with Gasteiger partial charge in [-0.2, -0.15) is 13.2 Å². The summed E-state index contributed by atoms with van der Waals surface area (Å²) in [4.78, 5) is 30.1. The smallest absolute Gasteiger partial charge is 0.416 e. The van der Waals surface area contributed by atoms with Crippen molar-refractivity contribution in [3.63, 3.8) is 0 Å². The normalized spacial score (nSPS) is 15.0. The lowest BCUT2D eigenvalue weighted by molar-refractivity contribution is -0.161. The molecular weight excluding hydrogens is 491 g/mol. The molecule has 0 amide bonds. The lowest BCUT2D eigenvalue weighted by Crippen LogP contribution is -2.40. The van der Waals surface area contributed by atoms with Crippen molar-refractivity contribution in [2.24, 2.45) is 17.8 Å². The molecule has 2 aromatic rings. The molecule has 1 aromatic carbocycles. The van der Waals surface area contributed by atoms with E-state index >= 15 is 0 Å². The second-order valence-corrected chi connectivity index (χ2v) is 9.32. The monoisotopic (exact) mass is 525 g/mol. The van der Waals surface area contributed by atoms with Gasteiger partial charge < -0.3 is 19.3 Å². The zero-order valence-corrected chi connectivity index (χ0v) is 21.8. The van der Waals surface area contributed by atoms with Crippen LogP contribution in [-0.2, 0) is 15.7 Å². The Kier molecular flexibility index (Phi) is 10.3. The maximum atomic E-state index is 13.2. The second-order valence-electron chi connectivity index (χ2n) is 9.32. The van der Waals surface area contributed by atoms with E-state index in [1.165, 1.54) is 31.5 Å². The molecule has 37 heavy (non-hydrogen) atoms. The fourth-order valence-electron chi connectivity index (χ4n) is 3.89. The average molecular weight is 526 g/mol. The van der Waals surface area contributed by atoms with Gasteiger partial charge in [0.05, 0.1) is 18.6 Å². The highest BCUT2D eigenvalue weighted by molar-refractivity contribution is 5.99. The number of hydrogen-bond acceptors (Lipinski definition) is 7. The maximum absolute atomic E-state index is 13.2.